The smallest absolute Gasteiger partial charge is 0.316 e. The summed E-state index contributed by atoms with van der Waals surface area (Å²) >= 11 is 1.27. The maximum absolute atomic E-state index is 11.8. The first-order valence-corrected chi connectivity index (χ1v) is 10.5. The number of ether oxygens (including phenoxy) is 1. The number of esters is 1. The minimum atomic E-state index is -2.95. The highest BCUT2D eigenvalue weighted by Gasteiger charge is 2.28. The van der Waals surface area contributed by atoms with Crippen molar-refractivity contribution in [3.63, 3.8) is 0 Å². The highest BCUT2D eigenvalue weighted by Crippen LogP contribution is 2.24. The van der Waals surface area contributed by atoms with Crippen LogP contribution in [-0.4, -0.2) is 49.4 Å². The van der Waals surface area contributed by atoms with E-state index in [2.05, 4.69) is 5.32 Å². The van der Waals surface area contributed by atoms with Crippen molar-refractivity contribution in [2.75, 3.05) is 29.2 Å². The van der Waals surface area contributed by atoms with Crippen LogP contribution >= 0.6 is 11.8 Å². The third-order valence-electron chi connectivity index (χ3n) is 3.78. The quantitative estimate of drug-likeness (QED) is 0.766. The molecule has 1 fully saturated rings. The highest BCUT2D eigenvalue weighted by molar-refractivity contribution is 8.02. The van der Waals surface area contributed by atoms with Gasteiger partial charge in [0.05, 0.1) is 17.3 Å². The number of nitrogens with one attached hydrogen (secondary N) is 1. The molecule has 2 rings (SSSR count). The largest absolute Gasteiger partial charge is 0.455 e. The summed E-state index contributed by atoms with van der Waals surface area (Å²) in [6.07, 6.45) is 0.563. The second-order valence-electron chi connectivity index (χ2n) is 5.84. The van der Waals surface area contributed by atoms with Crippen molar-refractivity contribution in [3.05, 3.63) is 29.3 Å². The van der Waals surface area contributed by atoms with E-state index in [4.69, 9.17) is 4.74 Å². The Bertz CT molecular complexity index is 730. The Balaban J connectivity index is 1.69. The van der Waals surface area contributed by atoms with Crippen LogP contribution in [0.4, 0.5) is 5.69 Å². The summed E-state index contributed by atoms with van der Waals surface area (Å²) in [6.45, 7) is 3.58. The van der Waals surface area contributed by atoms with Gasteiger partial charge in [0.1, 0.15) is 0 Å². The monoisotopic (exact) mass is 371 g/mol. The Morgan fingerprint density at radius 2 is 2.04 bits per heavy atom. The van der Waals surface area contributed by atoms with Crippen molar-refractivity contribution in [1.82, 2.24) is 0 Å². The first-order valence-electron chi connectivity index (χ1n) is 7.60. The average molecular weight is 371 g/mol. The summed E-state index contributed by atoms with van der Waals surface area (Å²) in [5.74, 6) is -0.576. The molecule has 0 saturated carbocycles. The zero-order valence-corrected chi connectivity index (χ0v) is 15.3. The molecule has 6 nitrogen and oxygen atoms in total. The van der Waals surface area contributed by atoms with Crippen LogP contribution in [0.25, 0.3) is 0 Å². The lowest BCUT2D eigenvalue weighted by Gasteiger charge is -2.09. The number of benzene rings is 1. The van der Waals surface area contributed by atoms with E-state index < -0.39 is 21.7 Å². The number of sulfone groups is 1. The lowest BCUT2D eigenvalue weighted by atomic mass is 10.1. The van der Waals surface area contributed by atoms with Gasteiger partial charge < -0.3 is 10.1 Å². The Morgan fingerprint density at radius 3 is 2.67 bits per heavy atom. The molecule has 0 bridgehead atoms. The van der Waals surface area contributed by atoms with Crippen molar-refractivity contribution in [2.45, 2.75) is 25.5 Å². The number of aryl methyl sites for hydroxylation is 2. The van der Waals surface area contributed by atoms with Gasteiger partial charge in [-0.2, -0.15) is 0 Å². The van der Waals surface area contributed by atoms with E-state index in [0.717, 1.165) is 11.1 Å². The number of hydrogen-bond donors (Lipinski definition) is 1. The number of thioether (sulfide) groups is 1. The SMILES string of the molecule is Cc1ccc(NC(=O)COC(=O)CS[C@@H]2CCS(=O)(=O)C2)cc1C. The van der Waals surface area contributed by atoms with E-state index in [1.54, 1.807) is 6.07 Å². The lowest BCUT2D eigenvalue weighted by molar-refractivity contribution is -0.144. The third kappa shape index (κ3) is 5.83. The fourth-order valence-electron chi connectivity index (χ4n) is 2.28. The van der Waals surface area contributed by atoms with E-state index in [9.17, 15) is 18.0 Å². The molecule has 0 aliphatic carbocycles. The van der Waals surface area contributed by atoms with Gasteiger partial charge in [0.25, 0.3) is 5.91 Å². The van der Waals surface area contributed by atoms with Gasteiger partial charge in [-0.05, 0) is 43.5 Å². The van der Waals surface area contributed by atoms with Gasteiger partial charge in [-0.3, -0.25) is 9.59 Å². The Morgan fingerprint density at radius 1 is 1.29 bits per heavy atom. The van der Waals surface area contributed by atoms with Crippen molar-refractivity contribution in [1.29, 1.82) is 0 Å². The van der Waals surface area contributed by atoms with Crippen molar-refractivity contribution < 1.29 is 22.7 Å². The molecule has 0 spiro atoms. The molecule has 132 valence electrons. The van der Waals surface area contributed by atoms with Crippen molar-refractivity contribution in [3.8, 4) is 0 Å². The molecule has 1 aliphatic rings. The van der Waals surface area contributed by atoms with E-state index in [1.807, 2.05) is 26.0 Å². The molecule has 1 saturated heterocycles. The topological polar surface area (TPSA) is 89.5 Å². The van der Waals surface area contributed by atoms with Crippen LogP contribution in [0, 0.1) is 13.8 Å². The molecule has 1 aromatic carbocycles. The summed E-state index contributed by atoms with van der Waals surface area (Å²) in [7, 11) is -2.95. The maximum Gasteiger partial charge on any atom is 0.316 e. The molecular formula is C16H21NO5S2. The summed E-state index contributed by atoms with van der Waals surface area (Å²) in [4.78, 5) is 23.4. The van der Waals surface area contributed by atoms with E-state index in [1.165, 1.54) is 11.8 Å². The molecule has 1 aromatic rings. The van der Waals surface area contributed by atoms with Crippen LogP contribution in [0.15, 0.2) is 18.2 Å². The standard InChI is InChI=1S/C16H21NO5S2/c1-11-3-4-13(7-12(11)2)17-15(18)8-22-16(19)9-23-14-5-6-24(20,21)10-14/h3-4,7,14H,5-6,8-10H2,1-2H3,(H,17,18)/t14-/m1/s1. The third-order valence-corrected chi connectivity index (χ3v) is 7.04. The number of carbonyl (C=O) groups is 2. The van der Waals surface area contributed by atoms with Crippen LogP contribution in [0.5, 0.6) is 0 Å². The first kappa shape index (κ1) is 18.8. The number of hydrogen-bond acceptors (Lipinski definition) is 6. The summed E-state index contributed by atoms with van der Waals surface area (Å²) in [5.41, 5.74) is 2.85. The summed E-state index contributed by atoms with van der Waals surface area (Å²) in [6, 6.07) is 5.55. The number of carbonyl (C=O) groups excluding carboxylic acids is 2. The van der Waals surface area contributed by atoms with Crippen LogP contribution in [0.1, 0.15) is 17.5 Å². The van der Waals surface area contributed by atoms with Gasteiger partial charge in [0, 0.05) is 10.9 Å². The van der Waals surface area contributed by atoms with E-state index in [-0.39, 0.29) is 29.1 Å². The fourth-order valence-corrected chi connectivity index (χ4v) is 5.72. The maximum atomic E-state index is 11.8. The Hall–Kier alpha value is -1.54. The molecule has 24 heavy (non-hydrogen) atoms. The lowest BCUT2D eigenvalue weighted by Crippen LogP contribution is -2.22. The van der Waals surface area contributed by atoms with Gasteiger partial charge in [-0.1, -0.05) is 6.07 Å². The zero-order valence-electron chi connectivity index (χ0n) is 13.7. The van der Waals surface area contributed by atoms with Crippen LogP contribution in [0.2, 0.25) is 0 Å². The normalized spacial score (nSPS) is 19.0. The minimum absolute atomic E-state index is 0.0527. The minimum Gasteiger partial charge on any atom is -0.455 e. The molecule has 0 aromatic heterocycles. The second-order valence-corrected chi connectivity index (χ2v) is 9.36. The molecule has 0 unspecified atom stereocenters. The van der Waals surface area contributed by atoms with Crippen molar-refractivity contribution >= 4 is 39.2 Å². The van der Waals surface area contributed by atoms with Gasteiger partial charge >= 0.3 is 5.97 Å². The van der Waals surface area contributed by atoms with E-state index in [0.29, 0.717) is 12.1 Å². The van der Waals surface area contributed by atoms with Gasteiger partial charge in [-0.15, -0.1) is 11.8 Å². The molecule has 1 atom stereocenters. The van der Waals surface area contributed by atoms with Crippen LogP contribution in [0.3, 0.4) is 0 Å². The summed E-state index contributed by atoms with van der Waals surface area (Å²) < 4.78 is 27.6. The molecule has 1 N–H and O–H groups in total. The molecular weight excluding hydrogens is 350 g/mol. The number of amides is 1. The molecule has 0 radical (unpaired) electrons. The number of rotatable bonds is 6. The predicted octanol–water partition coefficient (Wildman–Crippen LogP) is 1.71. The molecule has 1 heterocycles. The fraction of sp³-hybridized carbons (Fsp3) is 0.500. The zero-order chi connectivity index (χ0) is 17.7. The van der Waals surface area contributed by atoms with Gasteiger partial charge in [0.15, 0.2) is 16.4 Å². The van der Waals surface area contributed by atoms with Gasteiger partial charge in [0.2, 0.25) is 0 Å². The van der Waals surface area contributed by atoms with Gasteiger partial charge in [-0.25, -0.2) is 8.42 Å². The Labute approximate surface area is 146 Å². The average Bonchev–Trinajstić information content (AvgIpc) is 2.86. The van der Waals surface area contributed by atoms with E-state index >= 15 is 0 Å². The first-order chi connectivity index (χ1) is 11.2. The Kier molecular flexibility index (Phi) is 6.28. The highest BCUT2D eigenvalue weighted by atomic mass is 32.2. The molecule has 1 amide bonds. The second kappa shape index (κ2) is 8.02. The summed E-state index contributed by atoms with van der Waals surface area (Å²) in [5, 5.41) is 2.61. The molecule has 1 aliphatic heterocycles. The van der Waals surface area contributed by atoms with Crippen molar-refractivity contribution in [2.24, 2.45) is 0 Å². The molecule has 8 heteroatoms. The van der Waals surface area contributed by atoms with Crippen LogP contribution in [-0.2, 0) is 24.2 Å². The number of anilines is 1. The van der Waals surface area contributed by atoms with Crippen LogP contribution < -0.4 is 5.32 Å². The predicted molar refractivity (Wildman–Crippen MR) is 95.0 cm³/mol.